The summed E-state index contributed by atoms with van der Waals surface area (Å²) >= 11 is 1.79. The topological polar surface area (TPSA) is 22.5 Å². The summed E-state index contributed by atoms with van der Waals surface area (Å²) in [6.45, 7) is 0. The molecule has 0 unspecified atom stereocenters. The van der Waals surface area contributed by atoms with Crippen LogP contribution in [0.1, 0.15) is 0 Å². The van der Waals surface area contributed by atoms with E-state index in [0.29, 0.717) is 0 Å². The van der Waals surface area contributed by atoms with Crippen LogP contribution in [0.4, 0.5) is 0 Å². The van der Waals surface area contributed by atoms with Crippen LogP contribution in [0.15, 0.2) is 58.7 Å². The highest BCUT2D eigenvalue weighted by atomic mass is 32.1. The second-order valence-corrected chi connectivity index (χ2v) is 7.65. The number of benzene rings is 2. The minimum Gasteiger partial charge on any atom is -0.470 e. The van der Waals surface area contributed by atoms with Crippen molar-refractivity contribution in [2.75, 3.05) is 0 Å². The lowest BCUT2D eigenvalue weighted by atomic mass is 10.1. The van der Waals surface area contributed by atoms with Gasteiger partial charge in [0.2, 0.25) is 0 Å². The fraction of sp³-hybridized carbons (Fsp3) is 0.0476. The number of aryl methyl sites for hydroxylation is 1. The van der Waals surface area contributed by atoms with Gasteiger partial charge in [-0.1, -0.05) is 18.2 Å². The molecular formula is C21H12N2OS. The normalized spacial score (nSPS) is 13.0. The molecule has 0 aliphatic heterocycles. The maximum absolute atomic E-state index is 5.67. The zero-order valence-electron chi connectivity index (χ0n) is 13.4. The Morgan fingerprint density at radius 1 is 0.800 bits per heavy atom. The van der Waals surface area contributed by atoms with Crippen LogP contribution in [0.25, 0.3) is 59.2 Å². The van der Waals surface area contributed by atoms with E-state index in [2.05, 4.69) is 57.8 Å². The first-order valence-electron chi connectivity index (χ1n) is 8.33. The third kappa shape index (κ3) is 1.19. The molecule has 0 N–H and O–H groups in total. The molecule has 118 valence electrons. The Kier molecular flexibility index (Phi) is 1.89. The minimum atomic E-state index is 1.14. The quantitative estimate of drug-likeness (QED) is 0.325. The van der Waals surface area contributed by atoms with Crippen molar-refractivity contribution in [2.45, 2.75) is 0 Å². The Morgan fingerprint density at radius 3 is 2.68 bits per heavy atom. The van der Waals surface area contributed by atoms with Crippen LogP contribution >= 0.6 is 11.3 Å². The van der Waals surface area contributed by atoms with Crippen molar-refractivity contribution < 1.29 is 4.42 Å². The van der Waals surface area contributed by atoms with Crippen molar-refractivity contribution >= 4 is 70.6 Å². The fourth-order valence-corrected chi connectivity index (χ4v) is 5.60. The van der Waals surface area contributed by atoms with Gasteiger partial charge in [0.15, 0.2) is 0 Å². The van der Waals surface area contributed by atoms with E-state index >= 15 is 0 Å². The molecule has 0 saturated carbocycles. The van der Waals surface area contributed by atoms with Gasteiger partial charge in [0, 0.05) is 39.5 Å². The lowest BCUT2D eigenvalue weighted by Crippen LogP contribution is -1.87. The molecule has 0 aliphatic rings. The number of hydrogen-bond donors (Lipinski definition) is 0. The number of thiophene rings is 1. The van der Waals surface area contributed by atoms with Crippen molar-refractivity contribution in [3.05, 3.63) is 54.3 Å². The molecule has 0 spiro atoms. The van der Waals surface area contributed by atoms with Crippen LogP contribution in [0.5, 0.6) is 0 Å². The highest BCUT2D eigenvalue weighted by Gasteiger charge is 2.22. The van der Waals surface area contributed by atoms with Gasteiger partial charge >= 0.3 is 0 Å². The third-order valence-electron chi connectivity index (χ3n) is 5.71. The molecule has 25 heavy (non-hydrogen) atoms. The van der Waals surface area contributed by atoms with E-state index in [1.807, 2.05) is 12.5 Å². The molecule has 0 saturated heterocycles. The Labute approximate surface area is 145 Å². The van der Waals surface area contributed by atoms with Gasteiger partial charge in [-0.2, -0.15) is 0 Å². The van der Waals surface area contributed by atoms with E-state index in [1.54, 1.807) is 11.3 Å². The van der Waals surface area contributed by atoms with Gasteiger partial charge in [0.25, 0.3) is 0 Å². The van der Waals surface area contributed by atoms with Crippen LogP contribution in [-0.2, 0) is 7.05 Å². The largest absolute Gasteiger partial charge is 0.470 e. The maximum atomic E-state index is 5.67. The van der Waals surface area contributed by atoms with Gasteiger partial charge in [-0.25, -0.2) is 0 Å². The average molecular weight is 340 g/mol. The highest BCUT2D eigenvalue weighted by molar-refractivity contribution is 7.17. The molecule has 0 radical (unpaired) electrons. The monoisotopic (exact) mass is 340 g/mol. The summed E-state index contributed by atoms with van der Waals surface area (Å²) in [6.07, 6.45) is 3.78. The maximum Gasteiger partial charge on any atom is 0.115 e. The van der Waals surface area contributed by atoms with Crippen molar-refractivity contribution in [2.24, 2.45) is 7.05 Å². The van der Waals surface area contributed by atoms with Crippen molar-refractivity contribution in [3.8, 4) is 0 Å². The predicted octanol–water partition coefficient (Wildman–Crippen LogP) is 6.14. The molecule has 4 heteroatoms. The summed E-state index contributed by atoms with van der Waals surface area (Å²) in [5, 5.41) is 9.93. The minimum absolute atomic E-state index is 1.14. The molecule has 5 heterocycles. The van der Waals surface area contributed by atoms with Gasteiger partial charge in [0.05, 0.1) is 16.6 Å². The van der Waals surface area contributed by atoms with E-state index < -0.39 is 0 Å². The molecule has 0 bridgehead atoms. The Hall–Kier alpha value is -2.98. The fourth-order valence-electron chi connectivity index (χ4n) is 4.67. The number of hydrogen-bond acceptors (Lipinski definition) is 2. The molecule has 0 atom stereocenters. The van der Waals surface area contributed by atoms with Crippen LogP contribution in [0, 0.1) is 0 Å². The summed E-state index contributed by atoms with van der Waals surface area (Å²) in [6, 6.07) is 13.3. The van der Waals surface area contributed by atoms with E-state index in [1.165, 1.54) is 53.7 Å². The van der Waals surface area contributed by atoms with Crippen LogP contribution < -0.4 is 0 Å². The summed E-state index contributed by atoms with van der Waals surface area (Å²) < 4.78 is 10.4. The highest BCUT2D eigenvalue weighted by Crippen LogP contribution is 2.44. The molecular weight excluding hydrogens is 328 g/mol. The standard InChI is InChI=1S/C21H12N2OS/c1-22-15-4-2-3-11-14-9-24-10-17(14)23-20-12(13-7-8-25-21(13)23)5-6-16(22)19(20)18(11)15/h2-10H,1H3. The first-order chi connectivity index (χ1) is 12.3. The summed E-state index contributed by atoms with van der Waals surface area (Å²) in [5.41, 5.74) is 4.99. The van der Waals surface area contributed by atoms with Crippen LogP contribution in [0.2, 0.25) is 0 Å². The Balaban J connectivity index is 2.10. The predicted molar refractivity (Wildman–Crippen MR) is 105 cm³/mol. The second kappa shape index (κ2) is 3.81. The molecule has 0 fully saturated rings. The first-order valence-corrected chi connectivity index (χ1v) is 9.21. The SMILES string of the molecule is Cn1c2cccc3c4cocc4n4c5sccc5c5ccc1c(c32)c54. The molecule has 0 amide bonds. The second-order valence-electron chi connectivity index (χ2n) is 6.76. The number of nitrogens with zero attached hydrogens (tertiary/aromatic N) is 2. The number of aromatic nitrogens is 2. The van der Waals surface area contributed by atoms with Gasteiger partial charge in [-0.3, -0.25) is 4.40 Å². The number of rotatable bonds is 0. The van der Waals surface area contributed by atoms with Gasteiger partial charge < -0.3 is 8.98 Å². The average Bonchev–Trinajstić information content (AvgIpc) is 3.36. The van der Waals surface area contributed by atoms with E-state index in [-0.39, 0.29) is 0 Å². The van der Waals surface area contributed by atoms with E-state index in [0.717, 1.165) is 5.52 Å². The van der Waals surface area contributed by atoms with Crippen LogP contribution in [-0.4, -0.2) is 8.97 Å². The zero-order valence-corrected chi connectivity index (χ0v) is 14.2. The third-order valence-corrected chi connectivity index (χ3v) is 6.60. The van der Waals surface area contributed by atoms with Gasteiger partial charge in [0.1, 0.15) is 17.4 Å². The first kappa shape index (κ1) is 12.4. The number of fused-ring (bicyclic) bond motifs is 6. The lowest BCUT2D eigenvalue weighted by Gasteiger charge is -2.00. The van der Waals surface area contributed by atoms with Crippen molar-refractivity contribution in [1.29, 1.82) is 0 Å². The summed E-state index contributed by atoms with van der Waals surface area (Å²) in [7, 11) is 2.16. The molecule has 5 aromatic heterocycles. The van der Waals surface area contributed by atoms with E-state index in [9.17, 15) is 0 Å². The summed E-state index contributed by atoms with van der Waals surface area (Å²) in [4.78, 5) is 1.29. The molecule has 7 aromatic rings. The number of furan rings is 1. The lowest BCUT2D eigenvalue weighted by molar-refractivity contribution is 0.571. The van der Waals surface area contributed by atoms with E-state index in [4.69, 9.17) is 4.42 Å². The Bertz CT molecular complexity index is 1600. The summed E-state index contributed by atoms with van der Waals surface area (Å²) in [5.74, 6) is 0. The molecule has 3 nitrogen and oxygen atoms in total. The van der Waals surface area contributed by atoms with Crippen molar-refractivity contribution in [3.63, 3.8) is 0 Å². The Morgan fingerprint density at radius 2 is 1.72 bits per heavy atom. The molecule has 2 aromatic carbocycles. The van der Waals surface area contributed by atoms with Gasteiger partial charge in [-0.15, -0.1) is 11.3 Å². The van der Waals surface area contributed by atoms with Crippen LogP contribution in [0.3, 0.4) is 0 Å². The molecule has 0 aliphatic carbocycles. The molecule has 7 rings (SSSR count). The van der Waals surface area contributed by atoms with Gasteiger partial charge in [-0.05, 0) is 29.0 Å². The zero-order chi connectivity index (χ0) is 16.3. The van der Waals surface area contributed by atoms with Crippen molar-refractivity contribution in [1.82, 2.24) is 8.97 Å². The smallest absolute Gasteiger partial charge is 0.115 e.